The van der Waals surface area contributed by atoms with Crippen LogP contribution >= 0.6 is 7.82 Å². The minimum absolute atomic E-state index is 0.00871. The second-order valence-corrected chi connectivity index (χ2v) is 14.6. The van der Waals surface area contributed by atoms with Gasteiger partial charge in [-0.05, 0) is 57.8 Å². The topological polar surface area (TPSA) is 108 Å². The Labute approximate surface area is 276 Å². The number of hydrogen-bond acceptors (Lipinski definition) is 6. The van der Waals surface area contributed by atoms with Crippen molar-refractivity contribution in [2.75, 3.05) is 40.9 Å². The maximum absolute atomic E-state index is 12.7. The highest BCUT2D eigenvalue weighted by Crippen LogP contribution is 2.38. The Morgan fingerprint density at radius 3 is 1.80 bits per heavy atom. The first-order chi connectivity index (χ1) is 21.5. The Morgan fingerprint density at radius 2 is 1.24 bits per heavy atom. The SMILES string of the molecule is CCCCCC/C=C\CCCCCCCC(=O)NC(COP(=O)([O-])OCC[N+](C)(C)C)C(O)/C=C/CC/C=C/CCCCCC. The van der Waals surface area contributed by atoms with Crippen LogP contribution in [0.2, 0.25) is 0 Å². The first-order valence-electron chi connectivity index (χ1n) is 17.9. The van der Waals surface area contributed by atoms with E-state index in [1.807, 2.05) is 27.2 Å². The van der Waals surface area contributed by atoms with Gasteiger partial charge in [-0.1, -0.05) is 108 Å². The number of phosphoric acid groups is 1. The fourth-order valence-corrected chi connectivity index (χ4v) is 5.35. The van der Waals surface area contributed by atoms with Crippen LogP contribution in [0.15, 0.2) is 36.5 Å². The zero-order valence-electron chi connectivity index (χ0n) is 29.6. The number of carbonyl (C=O) groups excluding carboxylic acids is 1. The van der Waals surface area contributed by atoms with Crippen LogP contribution in [0.1, 0.15) is 136 Å². The number of likely N-dealkylation sites (N-methyl/N-ethyl adjacent to an activating group) is 1. The zero-order chi connectivity index (χ0) is 33.7. The highest BCUT2D eigenvalue weighted by atomic mass is 31.2. The molecule has 0 radical (unpaired) electrons. The minimum Gasteiger partial charge on any atom is -0.756 e. The summed E-state index contributed by atoms with van der Waals surface area (Å²) in [6.45, 7) is 4.52. The molecule has 0 saturated heterocycles. The molecule has 0 aliphatic carbocycles. The van der Waals surface area contributed by atoms with Crippen LogP contribution in [0.3, 0.4) is 0 Å². The summed E-state index contributed by atoms with van der Waals surface area (Å²) in [7, 11) is 1.23. The van der Waals surface area contributed by atoms with Crippen LogP contribution in [0, 0.1) is 0 Å². The standard InChI is InChI=1S/C36H69N2O6P/c1-6-8-10-12-14-16-18-19-20-22-24-26-28-30-36(40)37-34(33-44-45(41,42)43-32-31-38(3,4)5)35(39)29-27-25-23-21-17-15-13-11-9-7-2/h16-18,21,27,29,34-35,39H,6-15,19-20,22-26,28,30-33H2,1-5H3,(H-,37,40,41,42)/b18-16-,21-17+,29-27+. The van der Waals surface area contributed by atoms with Crippen molar-refractivity contribution in [3.05, 3.63) is 36.5 Å². The van der Waals surface area contributed by atoms with Gasteiger partial charge in [-0.3, -0.25) is 9.36 Å². The molecule has 3 atom stereocenters. The maximum atomic E-state index is 12.7. The summed E-state index contributed by atoms with van der Waals surface area (Å²) in [5.41, 5.74) is 0. The summed E-state index contributed by atoms with van der Waals surface area (Å²) < 4.78 is 23.0. The molecule has 0 aromatic carbocycles. The van der Waals surface area contributed by atoms with Gasteiger partial charge in [0.15, 0.2) is 0 Å². The van der Waals surface area contributed by atoms with Gasteiger partial charge < -0.3 is 28.8 Å². The normalized spacial score (nSPS) is 15.3. The smallest absolute Gasteiger partial charge is 0.268 e. The van der Waals surface area contributed by atoms with Gasteiger partial charge in [-0.15, -0.1) is 0 Å². The third kappa shape index (κ3) is 31.1. The van der Waals surface area contributed by atoms with E-state index in [4.69, 9.17) is 9.05 Å². The van der Waals surface area contributed by atoms with Crippen molar-refractivity contribution in [1.82, 2.24) is 5.32 Å². The second-order valence-electron chi connectivity index (χ2n) is 13.2. The van der Waals surface area contributed by atoms with Crippen molar-refractivity contribution in [1.29, 1.82) is 0 Å². The number of aliphatic hydroxyl groups is 1. The van der Waals surface area contributed by atoms with E-state index < -0.39 is 26.6 Å². The van der Waals surface area contributed by atoms with Gasteiger partial charge in [0, 0.05) is 6.42 Å². The van der Waals surface area contributed by atoms with Gasteiger partial charge in [0.1, 0.15) is 13.2 Å². The average molecular weight is 657 g/mol. The van der Waals surface area contributed by atoms with Crippen LogP contribution in [0.5, 0.6) is 0 Å². The van der Waals surface area contributed by atoms with E-state index in [1.165, 1.54) is 57.8 Å². The van der Waals surface area contributed by atoms with Gasteiger partial charge in [-0.25, -0.2) is 0 Å². The number of aliphatic hydroxyl groups excluding tert-OH is 1. The molecule has 0 aliphatic heterocycles. The van der Waals surface area contributed by atoms with E-state index >= 15 is 0 Å². The van der Waals surface area contributed by atoms with Gasteiger partial charge in [0.2, 0.25) is 5.91 Å². The average Bonchev–Trinajstić information content (AvgIpc) is 2.97. The monoisotopic (exact) mass is 656 g/mol. The fraction of sp³-hybridized carbons (Fsp3) is 0.806. The van der Waals surface area contributed by atoms with E-state index in [0.717, 1.165) is 57.8 Å². The third-order valence-corrected chi connectivity index (χ3v) is 8.54. The first kappa shape index (κ1) is 43.7. The number of nitrogens with one attached hydrogen (secondary N) is 1. The highest BCUT2D eigenvalue weighted by molar-refractivity contribution is 7.45. The molecular weight excluding hydrogens is 587 g/mol. The lowest BCUT2D eigenvalue weighted by Gasteiger charge is -2.29. The number of carbonyl (C=O) groups is 1. The summed E-state index contributed by atoms with van der Waals surface area (Å²) >= 11 is 0. The number of amides is 1. The number of unbranched alkanes of at least 4 members (excludes halogenated alkanes) is 14. The molecule has 0 aromatic rings. The van der Waals surface area contributed by atoms with Crippen molar-refractivity contribution in [3.8, 4) is 0 Å². The third-order valence-electron chi connectivity index (χ3n) is 7.57. The van der Waals surface area contributed by atoms with Crippen molar-refractivity contribution in [2.24, 2.45) is 0 Å². The molecule has 0 spiro atoms. The summed E-state index contributed by atoms with van der Waals surface area (Å²) in [5, 5.41) is 13.6. The molecule has 0 rings (SSSR count). The molecule has 45 heavy (non-hydrogen) atoms. The van der Waals surface area contributed by atoms with Crippen molar-refractivity contribution in [2.45, 2.75) is 148 Å². The predicted octanol–water partition coefficient (Wildman–Crippen LogP) is 8.16. The molecule has 0 aliphatic rings. The largest absolute Gasteiger partial charge is 0.756 e. The van der Waals surface area contributed by atoms with Crippen LogP contribution in [0.4, 0.5) is 0 Å². The molecule has 2 N–H and O–H groups in total. The number of allylic oxidation sites excluding steroid dienone is 5. The lowest BCUT2D eigenvalue weighted by molar-refractivity contribution is -0.870. The van der Waals surface area contributed by atoms with E-state index in [-0.39, 0.29) is 12.5 Å². The highest BCUT2D eigenvalue weighted by Gasteiger charge is 2.23. The van der Waals surface area contributed by atoms with Gasteiger partial charge in [-0.2, -0.15) is 0 Å². The molecule has 8 nitrogen and oxygen atoms in total. The molecular formula is C36H69N2O6P. The number of phosphoric ester groups is 1. The van der Waals surface area contributed by atoms with Crippen LogP contribution < -0.4 is 10.2 Å². The zero-order valence-corrected chi connectivity index (χ0v) is 30.5. The van der Waals surface area contributed by atoms with Crippen molar-refractivity contribution < 1.29 is 32.9 Å². The summed E-state index contributed by atoms with van der Waals surface area (Å²) in [5.74, 6) is -0.222. The maximum Gasteiger partial charge on any atom is 0.268 e. The molecule has 264 valence electrons. The van der Waals surface area contributed by atoms with Crippen LogP contribution in [0.25, 0.3) is 0 Å². The van der Waals surface area contributed by atoms with Crippen molar-refractivity contribution in [3.63, 3.8) is 0 Å². The van der Waals surface area contributed by atoms with E-state index in [0.29, 0.717) is 17.4 Å². The fourth-order valence-electron chi connectivity index (χ4n) is 4.63. The van der Waals surface area contributed by atoms with Gasteiger partial charge in [0.05, 0.1) is 39.9 Å². The van der Waals surface area contributed by atoms with E-state index in [2.05, 4.69) is 43.5 Å². The molecule has 0 bridgehead atoms. The molecule has 0 saturated carbocycles. The Hall–Kier alpha value is -1.28. The lowest BCUT2D eigenvalue weighted by atomic mass is 10.1. The molecule has 9 heteroatoms. The second kappa shape index (κ2) is 28.9. The lowest BCUT2D eigenvalue weighted by Crippen LogP contribution is -2.45. The number of nitrogens with zero attached hydrogens (tertiary/aromatic N) is 1. The van der Waals surface area contributed by atoms with E-state index in [1.54, 1.807) is 6.08 Å². The van der Waals surface area contributed by atoms with Crippen LogP contribution in [-0.2, 0) is 18.4 Å². The van der Waals surface area contributed by atoms with Crippen LogP contribution in [-0.4, -0.2) is 68.5 Å². The molecule has 1 amide bonds. The Bertz CT molecular complexity index is 840. The quantitative estimate of drug-likeness (QED) is 0.0337. The number of rotatable bonds is 31. The first-order valence-corrected chi connectivity index (χ1v) is 19.3. The molecule has 3 unspecified atom stereocenters. The Kier molecular flexibility index (Phi) is 28.1. The summed E-state index contributed by atoms with van der Waals surface area (Å²) in [6, 6.07) is -0.902. The van der Waals surface area contributed by atoms with E-state index in [9.17, 15) is 19.4 Å². The van der Waals surface area contributed by atoms with Gasteiger partial charge >= 0.3 is 0 Å². The Balaban J connectivity index is 4.63. The molecule has 0 aromatic heterocycles. The predicted molar refractivity (Wildman–Crippen MR) is 187 cm³/mol. The minimum atomic E-state index is -4.58. The summed E-state index contributed by atoms with van der Waals surface area (Å²) in [6.07, 6.45) is 31.9. The van der Waals surface area contributed by atoms with Crippen molar-refractivity contribution >= 4 is 13.7 Å². The molecule has 0 heterocycles. The summed E-state index contributed by atoms with van der Waals surface area (Å²) in [4.78, 5) is 25.0. The number of hydrogen-bond donors (Lipinski definition) is 2. The van der Waals surface area contributed by atoms with Gasteiger partial charge in [0.25, 0.3) is 7.82 Å². The molecule has 0 fully saturated rings. The Morgan fingerprint density at radius 1 is 0.756 bits per heavy atom. The number of quaternary nitrogens is 1.